The molecule has 2 heterocycles. The summed E-state index contributed by atoms with van der Waals surface area (Å²) < 4.78 is 5.26. The standard InChI is InChI=1S/C22H24Cl2N2O3/c1-3-19(22(28)29-4-2)26-20(27)11-9-17(14-6-5-7-15(23)12-14)21(26)18-10-8-16(24)13-25-18/h5-8,10,12-13,17,19,21H,3-4,9,11H2,1-2H3/t17-,19?,21?/m1/s1. The van der Waals surface area contributed by atoms with Gasteiger partial charge < -0.3 is 9.64 Å². The summed E-state index contributed by atoms with van der Waals surface area (Å²) in [6, 6.07) is 10.1. The van der Waals surface area contributed by atoms with Crippen molar-refractivity contribution in [2.45, 2.75) is 51.1 Å². The molecule has 0 radical (unpaired) electrons. The molecule has 0 bridgehead atoms. The van der Waals surface area contributed by atoms with Gasteiger partial charge >= 0.3 is 5.97 Å². The number of nitrogens with zero attached hydrogens (tertiary/aromatic N) is 2. The molecule has 3 rings (SSSR count). The number of hydrogen-bond acceptors (Lipinski definition) is 4. The van der Waals surface area contributed by atoms with Crippen LogP contribution in [0.2, 0.25) is 10.0 Å². The van der Waals surface area contributed by atoms with Gasteiger partial charge in [0.05, 0.1) is 23.4 Å². The predicted molar refractivity (Wildman–Crippen MR) is 113 cm³/mol. The summed E-state index contributed by atoms with van der Waals surface area (Å²) in [5.74, 6) is -0.525. The van der Waals surface area contributed by atoms with Crippen molar-refractivity contribution >= 4 is 35.1 Å². The van der Waals surface area contributed by atoms with Crippen LogP contribution in [0.1, 0.15) is 56.3 Å². The zero-order valence-electron chi connectivity index (χ0n) is 16.5. The molecular weight excluding hydrogens is 411 g/mol. The van der Waals surface area contributed by atoms with E-state index in [0.717, 1.165) is 5.56 Å². The van der Waals surface area contributed by atoms with Gasteiger partial charge in [-0.05, 0) is 49.6 Å². The summed E-state index contributed by atoms with van der Waals surface area (Å²) in [5.41, 5.74) is 1.70. The zero-order valence-corrected chi connectivity index (χ0v) is 18.0. The molecule has 2 unspecified atom stereocenters. The molecule has 5 nitrogen and oxygen atoms in total. The Bertz CT molecular complexity index is 873. The molecule has 2 aromatic rings. The second-order valence-corrected chi connectivity index (χ2v) is 7.90. The summed E-state index contributed by atoms with van der Waals surface area (Å²) in [6.07, 6.45) is 3.01. The molecule has 1 aliphatic rings. The van der Waals surface area contributed by atoms with Crippen molar-refractivity contribution in [3.05, 3.63) is 63.9 Å². The third-order valence-corrected chi connectivity index (χ3v) is 5.71. The van der Waals surface area contributed by atoms with E-state index >= 15 is 0 Å². The first kappa shape index (κ1) is 21.6. The fourth-order valence-electron chi connectivity index (χ4n) is 4.00. The van der Waals surface area contributed by atoms with Gasteiger partial charge in [0.15, 0.2) is 0 Å². The lowest BCUT2D eigenvalue weighted by Crippen LogP contribution is -2.51. The fraction of sp³-hybridized carbons (Fsp3) is 0.409. The maximum Gasteiger partial charge on any atom is 0.328 e. The van der Waals surface area contributed by atoms with Crippen molar-refractivity contribution in [2.24, 2.45) is 0 Å². The molecule has 0 saturated carbocycles. The van der Waals surface area contributed by atoms with E-state index in [1.807, 2.05) is 37.3 Å². The number of benzene rings is 1. The van der Waals surface area contributed by atoms with Crippen LogP contribution in [0.5, 0.6) is 0 Å². The molecule has 0 spiro atoms. The van der Waals surface area contributed by atoms with E-state index in [1.54, 1.807) is 24.1 Å². The lowest BCUT2D eigenvalue weighted by atomic mass is 9.80. The van der Waals surface area contributed by atoms with Crippen molar-refractivity contribution in [1.82, 2.24) is 9.88 Å². The molecule has 1 aromatic heterocycles. The van der Waals surface area contributed by atoms with Crippen molar-refractivity contribution in [3.63, 3.8) is 0 Å². The van der Waals surface area contributed by atoms with Crippen LogP contribution in [0.4, 0.5) is 0 Å². The van der Waals surface area contributed by atoms with Gasteiger partial charge in [-0.3, -0.25) is 9.78 Å². The van der Waals surface area contributed by atoms with Gasteiger partial charge in [-0.1, -0.05) is 42.3 Å². The number of carbonyl (C=O) groups is 2. The van der Waals surface area contributed by atoms with Crippen LogP contribution >= 0.6 is 23.2 Å². The Hall–Kier alpha value is -2.11. The molecular formula is C22H24Cl2N2O3. The highest BCUT2D eigenvalue weighted by Gasteiger charge is 2.44. The maximum atomic E-state index is 13.0. The number of pyridine rings is 1. The van der Waals surface area contributed by atoms with E-state index < -0.39 is 18.1 Å². The summed E-state index contributed by atoms with van der Waals surface area (Å²) in [4.78, 5) is 31.9. The molecule has 3 atom stereocenters. The van der Waals surface area contributed by atoms with Crippen LogP contribution in [0.15, 0.2) is 42.6 Å². The number of rotatable bonds is 6. The number of hydrogen-bond donors (Lipinski definition) is 0. The van der Waals surface area contributed by atoms with Crippen LogP contribution in [-0.4, -0.2) is 34.4 Å². The fourth-order valence-corrected chi connectivity index (χ4v) is 4.31. The van der Waals surface area contributed by atoms with E-state index in [-0.39, 0.29) is 18.4 Å². The zero-order chi connectivity index (χ0) is 21.0. The second-order valence-electron chi connectivity index (χ2n) is 7.02. The van der Waals surface area contributed by atoms with E-state index in [0.29, 0.717) is 35.0 Å². The summed E-state index contributed by atoms with van der Waals surface area (Å²) in [6.45, 7) is 3.90. The van der Waals surface area contributed by atoms with Gasteiger partial charge in [-0.2, -0.15) is 0 Å². The van der Waals surface area contributed by atoms with Gasteiger partial charge in [0.1, 0.15) is 6.04 Å². The third-order valence-electron chi connectivity index (χ3n) is 5.25. The highest BCUT2D eigenvalue weighted by atomic mass is 35.5. The monoisotopic (exact) mass is 434 g/mol. The molecule has 1 aliphatic heterocycles. The summed E-state index contributed by atoms with van der Waals surface area (Å²) in [5, 5.41) is 1.14. The van der Waals surface area contributed by atoms with Gasteiger partial charge in [0.2, 0.25) is 5.91 Å². The molecule has 0 aliphatic carbocycles. The van der Waals surface area contributed by atoms with Gasteiger partial charge in [0, 0.05) is 23.6 Å². The molecule has 1 amide bonds. The quantitative estimate of drug-likeness (QED) is 0.587. The SMILES string of the molecule is CCOC(=O)C(CC)N1C(=O)CC[C@H](c2cccc(Cl)c2)C1c1ccc(Cl)cn1. The number of piperidine rings is 1. The van der Waals surface area contributed by atoms with Crippen LogP contribution in [-0.2, 0) is 14.3 Å². The maximum absolute atomic E-state index is 13.0. The first-order valence-corrected chi connectivity index (χ1v) is 10.6. The number of likely N-dealkylation sites (tertiary alicyclic amines) is 1. The lowest BCUT2D eigenvalue weighted by molar-refractivity contribution is -0.159. The molecule has 1 aromatic carbocycles. The smallest absolute Gasteiger partial charge is 0.328 e. The third kappa shape index (κ3) is 4.73. The minimum Gasteiger partial charge on any atom is -0.464 e. The molecule has 1 saturated heterocycles. The average molecular weight is 435 g/mol. The van der Waals surface area contributed by atoms with E-state index in [1.165, 1.54) is 0 Å². The topological polar surface area (TPSA) is 59.5 Å². The van der Waals surface area contributed by atoms with Gasteiger partial charge in [0.25, 0.3) is 0 Å². The van der Waals surface area contributed by atoms with Crippen LogP contribution in [0.25, 0.3) is 0 Å². The van der Waals surface area contributed by atoms with E-state index in [4.69, 9.17) is 27.9 Å². The number of halogens is 2. The summed E-state index contributed by atoms with van der Waals surface area (Å²) in [7, 11) is 0. The molecule has 29 heavy (non-hydrogen) atoms. The number of amides is 1. The Morgan fingerprint density at radius 3 is 2.66 bits per heavy atom. The molecule has 0 N–H and O–H groups in total. The number of carbonyl (C=O) groups excluding carboxylic acids is 2. The minimum atomic E-state index is -0.674. The first-order valence-electron chi connectivity index (χ1n) is 9.81. The van der Waals surface area contributed by atoms with Crippen molar-refractivity contribution in [1.29, 1.82) is 0 Å². The minimum absolute atomic E-state index is 0.0523. The normalized spacial score (nSPS) is 20.4. The molecule has 154 valence electrons. The van der Waals surface area contributed by atoms with Gasteiger partial charge in [-0.15, -0.1) is 0 Å². The van der Waals surface area contributed by atoms with E-state index in [9.17, 15) is 9.59 Å². The van der Waals surface area contributed by atoms with Crippen LogP contribution < -0.4 is 0 Å². The highest BCUT2D eigenvalue weighted by Crippen LogP contribution is 2.44. The summed E-state index contributed by atoms with van der Waals surface area (Å²) >= 11 is 12.3. The van der Waals surface area contributed by atoms with Crippen molar-refractivity contribution < 1.29 is 14.3 Å². The Labute approximate surface area is 181 Å². The number of ether oxygens (including phenoxy) is 1. The second kappa shape index (κ2) is 9.59. The van der Waals surface area contributed by atoms with E-state index in [2.05, 4.69) is 4.98 Å². The molecule has 1 fully saturated rings. The Morgan fingerprint density at radius 2 is 2.03 bits per heavy atom. The number of esters is 1. The molecule has 7 heteroatoms. The highest BCUT2D eigenvalue weighted by molar-refractivity contribution is 6.30. The van der Waals surface area contributed by atoms with Gasteiger partial charge in [-0.25, -0.2) is 4.79 Å². The van der Waals surface area contributed by atoms with Crippen molar-refractivity contribution in [3.8, 4) is 0 Å². The lowest BCUT2D eigenvalue weighted by Gasteiger charge is -2.44. The van der Waals surface area contributed by atoms with Crippen molar-refractivity contribution in [2.75, 3.05) is 6.61 Å². The number of aromatic nitrogens is 1. The Balaban J connectivity index is 2.10. The average Bonchev–Trinajstić information content (AvgIpc) is 2.70. The van der Waals surface area contributed by atoms with Crippen LogP contribution in [0.3, 0.4) is 0 Å². The predicted octanol–water partition coefficient (Wildman–Crippen LogP) is 5.18. The van der Waals surface area contributed by atoms with Crippen LogP contribution in [0, 0.1) is 0 Å². The Morgan fingerprint density at radius 1 is 1.24 bits per heavy atom. The first-order chi connectivity index (χ1) is 14.0. The largest absolute Gasteiger partial charge is 0.464 e. The Kier molecular flexibility index (Phi) is 7.14.